The Morgan fingerprint density at radius 1 is 0.938 bits per heavy atom. The molecule has 0 bridgehead atoms. The molecule has 160 valence electrons. The van der Waals surface area contributed by atoms with Gasteiger partial charge >= 0.3 is 0 Å². The molecule has 2 N–H and O–H groups in total. The number of benzene rings is 3. The van der Waals surface area contributed by atoms with E-state index >= 15 is 0 Å². The minimum atomic E-state index is -0.287. The van der Waals surface area contributed by atoms with Gasteiger partial charge in [0.25, 0.3) is 5.91 Å². The lowest BCUT2D eigenvalue weighted by Crippen LogP contribution is -2.22. The Morgan fingerprint density at radius 2 is 1.66 bits per heavy atom. The highest BCUT2D eigenvalue weighted by atomic mass is 19.1. The first-order chi connectivity index (χ1) is 15.6. The molecule has 0 spiro atoms. The number of carbonyl (C=O) groups is 1. The van der Waals surface area contributed by atoms with Gasteiger partial charge in [-0.25, -0.2) is 14.4 Å². The second-order valence-corrected chi connectivity index (χ2v) is 7.04. The average Bonchev–Trinajstić information content (AvgIpc) is 2.84. The Balaban J connectivity index is 1.35. The number of hydrogen-bond acceptors (Lipinski definition) is 5. The molecule has 0 atom stereocenters. The summed E-state index contributed by atoms with van der Waals surface area (Å²) in [6.45, 7) is 0.407. The Labute approximate surface area is 185 Å². The lowest BCUT2D eigenvalue weighted by Gasteiger charge is -2.09. The van der Waals surface area contributed by atoms with Crippen LogP contribution in [0.1, 0.15) is 15.9 Å². The summed E-state index contributed by atoms with van der Waals surface area (Å²) in [6, 6.07) is 20.8. The maximum Gasteiger partial charge on any atom is 0.251 e. The second kappa shape index (κ2) is 9.70. The molecule has 4 rings (SSSR count). The first-order valence-corrected chi connectivity index (χ1v) is 9.97. The van der Waals surface area contributed by atoms with E-state index in [0.717, 1.165) is 28.1 Å². The Hall–Kier alpha value is -4.26. The van der Waals surface area contributed by atoms with Crippen LogP contribution in [0.4, 0.5) is 16.0 Å². The van der Waals surface area contributed by atoms with Crippen molar-refractivity contribution in [2.45, 2.75) is 6.54 Å². The molecule has 0 unspecified atom stereocenters. The molecule has 0 saturated heterocycles. The van der Waals surface area contributed by atoms with E-state index in [-0.39, 0.29) is 11.7 Å². The minimum Gasteiger partial charge on any atom is -0.497 e. The first kappa shape index (κ1) is 21.0. The predicted molar refractivity (Wildman–Crippen MR) is 121 cm³/mol. The lowest BCUT2D eigenvalue weighted by atomic mass is 10.1. The zero-order chi connectivity index (χ0) is 22.3. The normalized spacial score (nSPS) is 10.4. The highest BCUT2D eigenvalue weighted by Gasteiger charge is 2.07. The maximum atomic E-state index is 13.1. The zero-order valence-corrected chi connectivity index (χ0v) is 17.4. The summed E-state index contributed by atoms with van der Waals surface area (Å²) in [7, 11) is 1.61. The highest BCUT2D eigenvalue weighted by molar-refractivity contribution is 5.94. The fraction of sp³-hybridized carbons (Fsp3) is 0.0800. The van der Waals surface area contributed by atoms with Crippen molar-refractivity contribution < 1.29 is 13.9 Å². The van der Waals surface area contributed by atoms with Crippen LogP contribution in [0.15, 0.2) is 85.2 Å². The molecule has 4 aromatic rings. The van der Waals surface area contributed by atoms with Crippen LogP contribution in [0, 0.1) is 5.82 Å². The molecule has 1 amide bonds. The van der Waals surface area contributed by atoms with Gasteiger partial charge in [-0.1, -0.05) is 24.3 Å². The van der Waals surface area contributed by atoms with Gasteiger partial charge in [-0.2, -0.15) is 0 Å². The monoisotopic (exact) mass is 428 g/mol. The predicted octanol–water partition coefficient (Wildman–Crippen LogP) is 4.96. The van der Waals surface area contributed by atoms with Crippen LogP contribution in [0.5, 0.6) is 5.75 Å². The summed E-state index contributed by atoms with van der Waals surface area (Å²) in [6.07, 6.45) is 3.34. The van der Waals surface area contributed by atoms with E-state index in [4.69, 9.17) is 4.74 Å². The number of anilines is 2. The Bertz CT molecular complexity index is 1190. The van der Waals surface area contributed by atoms with Crippen LogP contribution in [0.2, 0.25) is 0 Å². The maximum absolute atomic E-state index is 13.1. The van der Waals surface area contributed by atoms with Crippen molar-refractivity contribution in [1.82, 2.24) is 15.3 Å². The molecular weight excluding hydrogens is 407 g/mol. The van der Waals surface area contributed by atoms with Gasteiger partial charge in [-0.3, -0.25) is 4.79 Å². The van der Waals surface area contributed by atoms with Gasteiger partial charge in [0.05, 0.1) is 7.11 Å². The van der Waals surface area contributed by atoms with Gasteiger partial charge < -0.3 is 15.4 Å². The van der Waals surface area contributed by atoms with Crippen LogP contribution in [0.25, 0.3) is 11.1 Å². The smallest absolute Gasteiger partial charge is 0.251 e. The fourth-order valence-corrected chi connectivity index (χ4v) is 3.08. The van der Waals surface area contributed by atoms with E-state index < -0.39 is 0 Å². The van der Waals surface area contributed by atoms with Crippen molar-refractivity contribution in [2.24, 2.45) is 0 Å². The second-order valence-electron chi connectivity index (χ2n) is 7.04. The van der Waals surface area contributed by atoms with E-state index in [0.29, 0.717) is 18.1 Å². The number of ether oxygens (including phenoxy) is 1. The Kier molecular flexibility index (Phi) is 6.36. The molecule has 6 nitrogen and oxygen atoms in total. The van der Waals surface area contributed by atoms with Gasteiger partial charge in [0.2, 0.25) is 5.95 Å². The summed E-state index contributed by atoms with van der Waals surface area (Å²) in [4.78, 5) is 21.0. The molecule has 0 fully saturated rings. The molecule has 0 aliphatic carbocycles. The number of rotatable bonds is 7. The van der Waals surface area contributed by atoms with Crippen molar-refractivity contribution in [3.63, 3.8) is 0 Å². The number of halogens is 1. The van der Waals surface area contributed by atoms with Crippen LogP contribution in [-0.4, -0.2) is 23.0 Å². The van der Waals surface area contributed by atoms with Crippen molar-refractivity contribution in [1.29, 1.82) is 0 Å². The van der Waals surface area contributed by atoms with Gasteiger partial charge in [-0.15, -0.1) is 0 Å². The van der Waals surface area contributed by atoms with Gasteiger partial charge in [0.15, 0.2) is 0 Å². The largest absolute Gasteiger partial charge is 0.497 e. The number of amides is 1. The zero-order valence-electron chi connectivity index (χ0n) is 17.4. The van der Waals surface area contributed by atoms with Gasteiger partial charge in [0, 0.05) is 35.8 Å². The molecule has 0 radical (unpaired) electrons. The summed E-state index contributed by atoms with van der Waals surface area (Å²) < 4.78 is 18.3. The van der Waals surface area contributed by atoms with E-state index in [1.165, 1.54) is 12.1 Å². The van der Waals surface area contributed by atoms with Crippen LogP contribution >= 0.6 is 0 Å². The number of aromatic nitrogens is 2. The lowest BCUT2D eigenvalue weighted by molar-refractivity contribution is 0.0951. The SMILES string of the molecule is COc1cccc(CNC(=O)c2ccc(Nc3ncc(-c4ccc(F)cc4)cn3)cc2)c1. The van der Waals surface area contributed by atoms with E-state index in [1.54, 1.807) is 55.9 Å². The van der Waals surface area contributed by atoms with E-state index in [9.17, 15) is 9.18 Å². The molecule has 7 heteroatoms. The van der Waals surface area contributed by atoms with Crippen molar-refractivity contribution in [3.05, 3.63) is 102 Å². The summed E-state index contributed by atoms with van der Waals surface area (Å²) in [5.74, 6) is 0.718. The van der Waals surface area contributed by atoms with Crippen molar-refractivity contribution in [3.8, 4) is 16.9 Å². The molecule has 1 heterocycles. The van der Waals surface area contributed by atoms with Crippen molar-refractivity contribution >= 4 is 17.5 Å². The quantitative estimate of drug-likeness (QED) is 0.435. The summed E-state index contributed by atoms with van der Waals surface area (Å²) >= 11 is 0. The molecular formula is C25H21FN4O2. The summed E-state index contributed by atoms with van der Waals surface area (Å²) in [5.41, 5.74) is 3.88. The highest BCUT2D eigenvalue weighted by Crippen LogP contribution is 2.20. The number of hydrogen-bond donors (Lipinski definition) is 2. The number of nitrogens with one attached hydrogen (secondary N) is 2. The van der Waals surface area contributed by atoms with Crippen LogP contribution < -0.4 is 15.4 Å². The van der Waals surface area contributed by atoms with E-state index in [1.807, 2.05) is 24.3 Å². The van der Waals surface area contributed by atoms with Crippen LogP contribution in [-0.2, 0) is 6.54 Å². The number of nitrogens with zero attached hydrogens (tertiary/aromatic N) is 2. The molecule has 3 aromatic carbocycles. The van der Waals surface area contributed by atoms with E-state index in [2.05, 4.69) is 20.6 Å². The third kappa shape index (κ3) is 5.26. The molecule has 0 aliphatic rings. The van der Waals surface area contributed by atoms with Gasteiger partial charge in [0.1, 0.15) is 11.6 Å². The third-order valence-electron chi connectivity index (χ3n) is 4.82. The molecule has 0 saturated carbocycles. The summed E-state index contributed by atoms with van der Waals surface area (Å²) in [5, 5.41) is 6.00. The number of carbonyl (C=O) groups excluding carboxylic acids is 1. The molecule has 0 aliphatic heterocycles. The van der Waals surface area contributed by atoms with Crippen molar-refractivity contribution in [2.75, 3.05) is 12.4 Å². The topological polar surface area (TPSA) is 76.1 Å². The average molecular weight is 428 g/mol. The standard InChI is InChI=1S/C25H21FN4O2/c1-32-23-4-2-3-17(13-23)14-27-24(31)19-7-11-22(12-8-19)30-25-28-15-20(16-29-25)18-5-9-21(26)10-6-18/h2-13,15-16H,14H2,1H3,(H,27,31)(H,28,29,30). The molecule has 1 aromatic heterocycles. The minimum absolute atomic E-state index is 0.167. The molecule has 32 heavy (non-hydrogen) atoms. The van der Waals surface area contributed by atoms with Crippen LogP contribution in [0.3, 0.4) is 0 Å². The van der Waals surface area contributed by atoms with Gasteiger partial charge in [-0.05, 0) is 59.7 Å². The first-order valence-electron chi connectivity index (χ1n) is 9.97. The fourth-order valence-electron chi connectivity index (χ4n) is 3.08. The third-order valence-corrected chi connectivity index (χ3v) is 4.82. The Morgan fingerprint density at radius 3 is 2.34 bits per heavy atom. The number of methoxy groups -OCH3 is 1.